The molecule has 1 N–H and O–H groups in total. The van der Waals surface area contributed by atoms with Crippen LogP contribution in [0, 0.1) is 5.82 Å². The molecular weight excluding hydrogens is 327 g/mol. The van der Waals surface area contributed by atoms with Crippen molar-refractivity contribution in [1.82, 2.24) is 9.88 Å². The zero-order valence-corrected chi connectivity index (χ0v) is 13.6. The summed E-state index contributed by atoms with van der Waals surface area (Å²) in [7, 11) is 0. The number of carbonyl (C=O) groups excluding carboxylic acids is 1. The normalized spacial score (nSPS) is 13.7. The quantitative estimate of drug-likeness (QED) is 0.861. The van der Waals surface area contributed by atoms with Gasteiger partial charge in [0, 0.05) is 19.2 Å². The average molecular weight is 344 g/mol. The number of carboxylic acid groups (broad SMARTS) is 1. The minimum Gasteiger partial charge on any atom is -0.493 e. The van der Waals surface area contributed by atoms with Gasteiger partial charge in [0.2, 0.25) is 0 Å². The summed E-state index contributed by atoms with van der Waals surface area (Å²) >= 11 is 0. The fourth-order valence-corrected chi connectivity index (χ4v) is 2.87. The first-order valence-electron chi connectivity index (χ1n) is 7.86. The number of benzene rings is 1. The van der Waals surface area contributed by atoms with Gasteiger partial charge in [-0.2, -0.15) is 0 Å². The van der Waals surface area contributed by atoms with Crippen LogP contribution in [-0.4, -0.2) is 33.5 Å². The summed E-state index contributed by atoms with van der Waals surface area (Å²) < 4.78 is 19.5. The molecule has 1 amide bonds. The number of pyridine rings is 1. The Kier molecular flexibility index (Phi) is 4.65. The van der Waals surface area contributed by atoms with E-state index in [9.17, 15) is 14.0 Å². The lowest BCUT2D eigenvalue weighted by Crippen LogP contribution is -2.38. The van der Waals surface area contributed by atoms with Crippen LogP contribution in [0.5, 0.6) is 5.75 Å². The van der Waals surface area contributed by atoms with Gasteiger partial charge >= 0.3 is 11.9 Å². The van der Waals surface area contributed by atoms with Crippen molar-refractivity contribution in [2.75, 3.05) is 6.61 Å². The highest BCUT2D eigenvalue weighted by Gasteiger charge is 2.29. The number of aromatic nitrogens is 1. The first-order valence-corrected chi connectivity index (χ1v) is 7.86. The molecule has 1 aliphatic heterocycles. The first kappa shape index (κ1) is 16.9. The first-order chi connectivity index (χ1) is 12.0. The Hall–Kier alpha value is -2.96. The van der Waals surface area contributed by atoms with Gasteiger partial charge in [0.25, 0.3) is 0 Å². The number of carboxylic acids is 1. The van der Waals surface area contributed by atoms with Crippen LogP contribution in [0.4, 0.5) is 4.39 Å². The Bertz CT molecular complexity index is 824. The third kappa shape index (κ3) is 3.45. The van der Waals surface area contributed by atoms with Gasteiger partial charge in [-0.25, -0.2) is 9.18 Å². The summed E-state index contributed by atoms with van der Waals surface area (Å²) in [6, 6.07) is 7.33. The van der Waals surface area contributed by atoms with Crippen LogP contribution < -0.4 is 4.74 Å². The number of hydrogen-bond donors (Lipinski definition) is 1. The molecule has 130 valence electrons. The van der Waals surface area contributed by atoms with E-state index in [-0.39, 0.29) is 12.2 Å². The van der Waals surface area contributed by atoms with Crippen LogP contribution in [0.15, 0.2) is 36.5 Å². The summed E-state index contributed by atoms with van der Waals surface area (Å²) in [6.07, 6.45) is 2.23. The number of fused-ring (bicyclic) bond motifs is 1. The molecule has 0 radical (unpaired) electrons. The number of nitrogens with zero attached hydrogens (tertiary/aromatic N) is 2. The van der Waals surface area contributed by atoms with Gasteiger partial charge in [0.05, 0.1) is 18.3 Å². The molecule has 1 aromatic heterocycles. The molecule has 7 heteroatoms. The maximum Gasteiger partial charge on any atom is 0.394 e. The minimum absolute atomic E-state index is 0.0129. The van der Waals surface area contributed by atoms with Crippen molar-refractivity contribution in [3.8, 4) is 5.75 Å². The molecule has 1 aromatic carbocycles. The third-order valence-corrected chi connectivity index (χ3v) is 4.21. The zero-order chi connectivity index (χ0) is 18.0. The largest absolute Gasteiger partial charge is 0.493 e. The van der Waals surface area contributed by atoms with E-state index in [2.05, 4.69) is 4.98 Å². The van der Waals surface area contributed by atoms with Gasteiger partial charge in [0.15, 0.2) is 0 Å². The van der Waals surface area contributed by atoms with Gasteiger partial charge in [-0.3, -0.25) is 9.78 Å². The molecule has 0 fully saturated rings. The monoisotopic (exact) mass is 344 g/mol. The predicted molar refractivity (Wildman–Crippen MR) is 86.4 cm³/mol. The van der Waals surface area contributed by atoms with Crippen LogP contribution in [0.2, 0.25) is 0 Å². The van der Waals surface area contributed by atoms with E-state index in [1.807, 2.05) is 12.1 Å². The highest BCUT2D eigenvalue weighted by molar-refractivity contribution is 6.31. The minimum atomic E-state index is -1.60. The number of halogens is 1. The maximum atomic E-state index is 14.0. The van der Waals surface area contributed by atoms with Crippen molar-refractivity contribution in [1.29, 1.82) is 0 Å². The predicted octanol–water partition coefficient (Wildman–Crippen LogP) is 2.33. The molecule has 1 unspecified atom stereocenters. The van der Waals surface area contributed by atoms with E-state index in [0.29, 0.717) is 12.2 Å². The van der Waals surface area contributed by atoms with E-state index in [4.69, 9.17) is 9.84 Å². The third-order valence-electron chi connectivity index (χ3n) is 4.21. The van der Waals surface area contributed by atoms with Gasteiger partial charge in [-0.05, 0) is 36.2 Å². The molecule has 0 bridgehead atoms. The molecule has 0 spiro atoms. The van der Waals surface area contributed by atoms with Gasteiger partial charge in [0.1, 0.15) is 11.6 Å². The molecular formula is C18H17FN2O4. The van der Waals surface area contributed by atoms with Crippen molar-refractivity contribution >= 4 is 11.9 Å². The van der Waals surface area contributed by atoms with Crippen molar-refractivity contribution in [2.45, 2.75) is 25.9 Å². The van der Waals surface area contributed by atoms with Crippen molar-refractivity contribution < 1.29 is 23.8 Å². The van der Waals surface area contributed by atoms with Gasteiger partial charge in [-0.15, -0.1) is 0 Å². The van der Waals surface area contributed by atoms with E-state index in [0.717, 1.165) is 22.6 Å². The van der Waals surface area contributed by atoms with E-state index in [1.165, 1.54) is 18.3 Å². The van der Waals surface area contributed by atoms with E-state index >= 15 is 0 Å². The molecule has 1 atom stereocenters. The topological polar surface area (TPSA) is 79.7 Å². The number of amides is 1. The molecule has 2 heterocycles. The van der Waals surface area contributed by atoms with Crippen molar-refractivity contribution in [3.63, 3.8) is 0 Å². The van der Waals surface area contributed by atoms with Crippen LogP contribution in [-0.2, 0) is 22.6 Å². The maximum absolute atomic E-state index is 14.0. The van der Waals surface area contributed by atoms with Crippen LogP contribution in [0.1, 0.15) is 29.8 Å². The lowest BCUT2D eigenvalue weighted by Gasteiger charge is -2.27. The fourth-order valence-electron chi connectivity index (χ4n) is 2.87. The van der Waals surface area contributed by atoms with Gasteiger partial charge in [-0.1, -0.05) is 12.1 Å². The second-order valence-electron chi connectivity index (χ2n) is 5.83. The van der Waals surface area contributed by atoms with E-state index in [1.54, 1.807) is 13.0 Å². The summed E-state index contributed by atoms with van der Waals surface area (Å²) in [5, 5.41) is 9.12. The fraction of sp³-hybridized carbons (Fsp3) is 0.278. The molecule has 3 rings (SSSR count). The average Bonchev–Trinajstić information content (AvgIpc) is 3.06. The number of hydrogen-bond acceptors (Lipinski definition) is 4. The standard InChI is InChI=1S/C18H17FN2O4/c1-11(16-14(19)3-2-7-20-16)21(17(22)18(23)24)10-12-4-5-13-6-8-25-15(13)9-12/h2-5,7,9,11H,6,8,10H2,1H3,(H,23,24). The lowest BCUT2D eigenvalue weighted by molar-refractivity contribution is -0.157. The molecule has 25 heavy (non-hydrogen) atoms. The van der Waals surface area contributed by atoms with Crippen LogP contribution in [0.25, 0.3) is 0 Å². The number of rotatable bonds is 4. The van der Waals surface area contributed by atoms with Crippen LogP contribution in [0.3, 0.4) is 0 Å². The Balaban J connectivity index is 1.91. The highest BCUT2D eigenvalue weighted by Crippen LogP contribution is 2.29. The van der Waals surface area contributed by atoms with E-state index < -0.39 is 23.7 Å². The van der Waals surface area contributed by atoms with Gasteiger partial charge < -0.3 is 14.7 Å². The van der Waals surface area contributed by atoms with Crippen molar-refractivity contribution in [2.24, 2.45) is 0 Å². The van der Waals surface area contributed by atoms with Crippen LogP contribution >= 0.6 is 0 Å². The Morgan fingerprint density at radius 2 is 2.20 bits per heavy atom. The number of aliphatic carboxylic acids is 1. The molecule has 0 aliphatic carbocycles. The number of ether oxygens (including phenoxy) is 1. The Morgan fingerprint density at radius 1 is 1.40 bits per heavy atom. The second-order valence-corrected chi connectivity index (χ2v) is 5.83. The molecule has 2 aromatic rings. The molecule has 1 aliphatic rings. The Labute approximate surface area is 143 Å². The Morgan fingerprint density at radius 3 is 2.92 bits per heavy atom. The number of carbonyl (C=O) groups is 2. The lowest BCUT2D eigenvalue weighted by atomic mass is 10.1. The summed E-state index contributed by atoms with van der Waals surface area (Å²) in [5.74, 6) is -2.56. The summed E-state index contributed by atoms with van der Waals surface area (Å²) in [6.45, 7) is 2.17. The molecule has 6 nitrogen and oxygen atoms in total. The van der Waals surface area contributed by atoms with Crippen molar-refractivity contribution in [3.05, 3.63) is 59.2 Å². The SMILES string of the molecule is CC(c1ncccc1F)N(Cc1ccc2c(c1)OCC2)C(=O)C(=O)O. The zero-order valence-electron chi connectivity index (χ0n) is 13.6. The molecule has 0 saturated heterocycles. The smallest absolute Gasteiger partial charge is 0.394 e. The summed E-state index contributed by atoms with van der Waals surface area (Å²) in [5.41, 5.74) is 1.80. The molecule has 0 saturated carbocycles. The second kappa shape index (κ2) is 6.88. The highest BCUT2D eigenvalue weighted by atomic mass is 19.1. The summed E-state index contributed by atoms with van der Waals surface area (Å²) in [4.78, 5) is 28.4.